The highest BCUT2D eigenvalue weighted by molar-refractivity contribution is 7.87. The Bertz CT molecular complexity index is 399. The van der Waals surface area contributed by atoms with Crippen molar-refractivity contribution in [3.8, 4) is 0 Å². The Hall–Kier alpha value is -0.170. The number of piperidine rings is 1. The van der Waals surface area contributed by atoms with Gasteiger partial charge in [0.2, 0.25) is 0 Å². The van der Waals surface area contributed by atoms with E-state index in [1.165, 1.54) is 12.8 Å². The van der Waals surface area contributed by atoms with Gasteiger partial charge in [-0.2, -0.15) is 17.4 Å². The minimum Gasteiger partial charge on any atom is -0.312 e. The molecule has 0 bridgehead atoms. The molecule has 5 nitrogen and oxygen atoms in total. The summed E-state index contributed by atoms with van der Waals surface area (Å²) in [6.45, 7) is 7.07. The van der Waals surface area contributed by atoms with E-state index in [1.807, 2.05) is 20.8 Å². The molecule has 0 aromatic carbocycles. The summed E-state index contributed by atoms with van der Waals surface area (Å²) in [7, 11) is -3.37. The molecule has 2 fully saturated rings. The minimum atomic E-state index is -3.37. The molecule has 2 aliphatic rings. The first-order valence-electron chi connectivity index (χ1n) is 7.32. The lowest BCUT2D eigenvalue weighted by atomic mass is 10.1. The van der Waals surface area contributed by atoms with Crippen LogP contribution >= 0.6 is 0 Å². The number of nitrogens with zero attached hydrogens (tertiary/aromatic N) is 1. The van der Waals surface area contributed by atoms with Gasteiger partial charge in [0.15, 0.2) is 0 Å². The van der Waals surface area contributed by atoms with Gasteiger partial charge in [0.25, 0.3) is 10.2 Å². The third kappa shape index (κ3) is 4.70. The predicted molar refractivity (Wildman–Crippen MR) is 77.2 cm³/mol. The second kappa shape index (κ2) is 5.68. The zero-order valence-electron chi connectivity index (χ0n) is 12.3. The van der Waals surface area contributed by atoms with Crippen LogP contribution in [-0.4, -0.2) is 43.4 Å². The van der Waals surface area contributed by atoms with Gasteiger partial charge in [-0.05, 0) is 46.5 Å². The summed E-state index contributed by atoms with van der Waals surface area (Å²) in [6.07, 6.45) is 5.52. The molecule has 0 aromatic rings. The maximum atomic E-state index is 12.5. The first-order chi connectivity index (χ1) is 8.78. The number of hydrogen-bond donors (Lipinski definition) is 2. The molecule has 1 aliphatic carbocycles. The van der Waals surface area contributed by atoms with E-state index in [0.29, 0.717) is 12.6 Å². The molecule has 1 aliphatic heterocycles. The fraction of sp³-hybridized carbons (Fsp3) is 1.00. The van der Waals surface area contributed by atoms with Crippen molar-refractivity contribution in [2.24, 2.45) is 0 Å². The molecular formula is C13H27N3O2S. The van der Waals surface area contributed by atoms with Gasteiger partial charge in [0, 0.05) is 30.7 Å². The van der Waals surface area contributed by atoms with Crippen molar-refractivity contribution in [1.29, 1.82) is 0 Å². The van der Waals surface area contributed by atoms with Crippen molar-refractivity contribution in [2.45, 2.75) is 70.5 Å². The van der Waals surface area contributed by atoms with Crippen LogP contribution in [0, 0.1) is 0 Å². The molecule has 112 valence electrons. The topological polar surface area (TPSA) is 61.4 Å². The fourth-order valence-corrected chi connectivity index (χ4v) is 4.36. The number of rotatable bonds is 5. The summed E-state index contributed by atoms with van der Waals surface area (Å²) in [6, 6.07) is 0.733. The molecule has 0 spiro atoms. The highest BCUT2D eigenvalue weighted by atomic mass is 32.2. The lowest BCUT2D eigenvalue weighted by Crippen LogP contribution is -2.56. The molecule has 0 amide bonds. The standard InChI is InChI=1S/C13H27N3O2S/c1-13(2,3)15-19(17,18)16-9-5-4-6-12(16)10-14-11-7-8-11/h11-12,14-15H,4-10H2,1-3H3. The van der Waals surface area contributed by atoms with Crippen LogP contribution in [0.15, 0.2) is 0 Å². The lowest BCUT2D eigenvalue weighted by Gasteiger charge is -2.36. The molecule has 1 unspecified atom stereocenters. The van der Waals surface area contributed by atoms with Gasteiger partial charge in [-0.3, -0.25) is 0 Å². The van der Waals surface area contributed by atoms with Crippen LogP contribution in [0.1, 0.15) is 52.9 Å². The zero-order valence-corrected chi connectivity index (χ0v) is 13.1. The van der Waals surface area contributed by atoms with Crippen LogP contribution in [0.2, 0.25) is 0 Å². The van der Waals surface area contributed by atoms with Gasteiger partial charge in [-0.1, -0.05) is 6.42 Å². The van der Waals surface area contributed by atoms with E-state index in [-0.39, 0.29) is 6.04 Å². The summed E-state index contributed by atoms with van der Waals surface area (Å²) in [5.74, 6) is 0. The summed E-state index contributed by atoms with van der Waals surface area (Å²) < 4.78 is 29.4. The maximum absolute atomic E-state index is 12.5. The Morgan fingerprint density at radius 2 is 1.84 bits per heavy atom. The average molecular weight is 289 g/mol. The Labute approximate surface area is 117 Å². The molecule has 2 N–H and O–H groups in total. The van der Waals surface area contributed by atoms with E-state index in [2.05, 4.69) is 10.0 Å². The van der Waals surface area contributed by atoms with Gasteiger partial charge >= 0.3 is 0 Å². The molecule has 1 atom stereocenters. The monoisotopic (exact) mass is 289 g/mol. The summed E-state index contributed by atoms with van der Waals surface area (Å²) in [5, 5.41) is 3.46. The largest absolute Gasteiger partial charge is 0.312 e. The van der Waals surface area contributed by atoms with Crippen LogP contribution in [0.5, 0.6) is 0 Å². The lowest BCUT2D eigenvalue weighted by molar-refractivity contribution is 0.239. The van der Waals surface area contributed by atoms with Crippen LogP contribution in [0.25, 0.3) is 0 Å². The third-order valence-electron chi connectivity index (χ3n) is 3.54. The molecule has 0 aromatic heterocycles. The van der Waals surface area contributed by atoms with E-state index in [9.17, 15) is 8.42 Å². The maximum Gasteiger partial charge on any atom is 0.280 e. The Morgan fingerprint density at radius 1 is 1.16 bits per heavy atom. The second-order valence-electron chi connectivity index (χ2n) is 6.80. The molecule has 19 heavy (non-hydrogen) atoms. The van der Waals surface area contributed by atoms with Crippen molar-refractivity contribution in [3.63, 3.8) is 0 Å². The minimum absolute atomic E-state index is 0.106. The van der Waals surface area contributed by atoms with Crippen molar-refractivity contribution >= 4 is 10.2 Å². The first-order valence-corrected chi connectivity index (χ1v) is 8.76. The first kappa shape index (κ1) is 15.2. The zero-order chi connectivity index (χ0) is 14.1. The van der Waals surface area contributed by atoms with Gasteiger partial charge in [0.1, 0.15) is 0 Å². The Kier molecular flexibility index (Phi) is 4.55. The number of hydrogen-bond acceptors (Lipinski definition) is 3. The highest BCUT2D eigenvalue weighted by Crippen LogP contribution is 2.23. The van der Waals surface area contributed by atoms with Gasteiger partial charge < -0.3 is 5.32 Å². The van der Waals surface area contributed by atoms with Crippen LogP contribution in [-0.2, 0) is 10.2 Å². The van der Waals surface area contributed by atoms with Crippen molar-refractivity contribution in [2.75, 3.05) is 13.1 Å². The normalized spacial score (nSPS) is 26.6. The SMILES string of the molecule is CC(C)(C)NS(=O)(=O)N1CCCCC1CNC1CC1. The average Bonchev–Trinajstić information content (AvgIpc) is 3.07. The molecule has 1 saturated carbocycles. The molecule has 0 radical (unpaired) electrons. The van der Waals surface area contributed by atoms with Gasteiger partial charge in [-0.15, -0.1) is 0 Å². The van der Waals surface area contributed by atoms with E-state index in [4.69, 9.17) is 0 Å². The highest BCUT2D eigenvalue weighted by Gasteiger charge is 2.35. The fourth-order valence-electron chi connectivity index (χ4n) is 2.53. The van der Waals surface area contributed by atoms with Crippen LogP contribution < -0.4 is 10.0 Å². The third-order valence-corrected chi connectivity index (χ3v) is 5.51. The second-order valence-corrected chi connectivity index (χ2v) is 8.42. The van der Waals surface area contributed by atoms with E-state index >= 15 is 0 Å². The Balaban J connectivity index is 2.00. The quantitative estimate of drug-likeness (QED) is 0.800. The van der Waals surface area contributed by atoms with E-state index < -0.39 is 15.7 Å². The molecular weight excluding hydrogens is 262 g/mol. The van der Waals surface area contributed by atoms with E-state index in [0.717, 1.165) is 25.8 Å². The molecule has 6 heteroatoms. The smallest absolute Gasteiger partial charge is 0.280 e. The Morgan fingerprint density at radius 3 is 2.42 bits per heavy atom. The van der Waals surface area contributed by atoms with Crippen molar-refractivity contribution < 1.29 is 8.42 Å². The van der Waals surface area contributed by atoms with E-state index in [1.54, 1.807) is 4.31 Å². The molecule has 2 rings (SSSR count). The van der Waals surface area contributed by atoms with Gasteiger partial charge in [0.05, 0.1) is 0 Å². The molecule has 1 heterocycles. The van der Waals surface area contributed by atoms with Crippen molar-refractivity contribution in [3.05, 3.63) is 0 Å². The predicted octanol–water partition coefficient (Wildman–Crippen LogP) is 1.23. The van der Waals surface area contributed by atoms with Crippen LogP contribution in [0.4, 0.5) is 0 Å². The summed E-state index contributed by atoms with van der Waals surface area (Å²) in [4.78, 5) is 0. The van der Waals surface area contributed by atoms with Crippen LogP contribution in [0.3, 0.4) is 0 Å². The number of nitrogens with one attached hydrogen (secondary N) is 2. The molecule has 1 saturated heterocycles. The summed E-state index contributed by atoms with van der Waals surface area (Å²) >= 11 is 0. The summed E-state index contributed by atoms with van der Waals surface area (Å²) in [5.41, 5.74) is -0.426. The van der Waals surface area contributed by atoms with Crippen molar-refractivity contribution in [1.82, 2.24) is 14.3 Å². The van der Waals surface area contributed by atoms with Gasteiger partial charge in [-0.25, -0.2) is 0 Å².